The molecule has 5 aromatic carbocycles. The average Bonchev–Trinajstić information content (AvgIpc) is 3.38. The first kappa shape index (κ1) is 45.5. The fourth-order valence-electron chi connectivity index (χ4n) is 14.1. The lowest BCUT2D eigenvalue weighted by atomic mass is 9.33. The molecule has 5 aliphatic rings. The summed E-state index contributed by atoms with van der Waals surface area (Å²) in [4.78, 5) is 5.51. The van der Waals surface area contributed by atoms with E-state index in [0.717, 1.165) is 6.42 Å². The number of anilines is 6. The molecule has 0 saturated heterocycles. The molecule has 3 heteroatoms. The molecule has 3 aliphatic carbocycles. The third-order valence-corrected chi connectivity index (χ3v) is 18.1. The number of nitrogens with zero attached hydrogens (tertiary/aromatic N) is 2. The predicted octanol–water partition coefficient (Wildman–Crippen LogP) is 15.6. The van der Waals surface area contributed by atoms with Crippen LogP contribution in [0.15, 0.2) is 66.7 Å². The lowest BCUT2D eigenvalue weighted by Crippen LogP contribution is -2.62. The Labute approximate surface area is 401 Å². The van der Waals surface area contributed by atoms with Gasteiger partial charge in [0, 0.05) is 34.1 Å². The van der Waals surface area contributed by atoms with E-state index < -0.39 is 0 Å². The van der Waals surface area contributed by atoms with Crippen LogP contribution in [-0.2, 0) is 43.3 Å². The molecule has 346 valence electrons. The molecular formula is C63H81BN2. The normalized spacial score (nSPS) is 21.1. The van der Waals surface area contributed by atoms with E-state index >= 15 is 0 Å². The fraction of sp³-hybridized carbons (Fsp3) is 0.524. The Morgan fingerprint density at radius 2 is 0.864 bits per heavy atom. The third-order valence-electron chi connectivity index (χ3n) is 18.1. The summed E-state index contributed by atoms with van der Waals surface area (Å²) < 4.78 is 0. The maximum atomic E-state index is 2.77. The highest BCUT2D eigenvalue weighted by Crippen LogP contribution is 2.56. The van der Waals surface area contributed by atoms with E-state index in [1.54, 1.807) is 5.56 Å². The van der Waals surface area contributed by atoms with Crippen molar-refractivity contribution in [1.82, 2.24) is 0 Å². The molecule has 2 heterocycles. The summed E-state index contributed by atoms with van der Waals surface area (Å²) in [5.41, 5.74) is 27.5. The van der Waals surface area contributed by atoms with E-state index in [2.05, 4.69) is 215 Å². The van der Waals surface area contributed by atoms with Crippen LogP contribution in [-0.4, -0.2) is 6.71 Å². The van der Waals surface area contributed by atoms with Gasteiger partial charge in [-0.15, -0.1) is 0 Å². The van der Waals surface area contributed by atoms with Gasteiger partial charge in [0.05, 0.1) is 0 Å². The number of aryl methyl sites for hydroxylation is 1. The number of rotatable bonds is 2. The van der Waals surface area contributed by atoms with Crippen LogP contribution in [0.3, 0.4) is 0 Å². The molecule has 0 N–H and O–H groups in total. The molecular weight excluding hydrogens is 796 g/mol. The van der Waals surface area contributed by atoms with Crippen molar-refractivity contribution in [3.05, 3.63) is 122 Å². The quantitative estimate of drug-likeness (QED) is 0.160. The number of hydrogen-bond donors (Lipinski definition) is 0. The number of fused-ring (bicyclic) bond motifs is 7. The van der Waals surface area contributed by atoms with Crippen LogP contribution in [0.4, 0.5) is 34.1 Å². The Morgan fingerprint density at radius 3 is 1.44 bits per heavy atom. The van der Waals surface area contributed by atoms with Crippen molar-refractivity contribution in [2.45, 2.75) is 214 Å². The van der Waals surface area contributed by atoms with Gasteiger partial charge in [-0.1, -0.05) is 155 Å². The van der Waals surface area contributed by atoms with Gasteiger partial charge in [-0.2, -0.15) is 0 Å². The second kappa shape index (κ2) is 13.7. The summed E-state index contributed by atoms with van der Waals surface area (Å²) in [6, 6.07) is 28.4. The van der Waals surface area contributed by atoms with Gasteiger partial charge in [-0.05, 0) is 198 Å². The topological polar surface area (TPSA) is 6.48 Å². The molecule has 0 aromatic heterocycles. The standard InChI is InChI=1S/C63H81BN2/c1-37-29-42-44(60(13,14)26-25-59(42,11)12)34-50(37)66-49-23-21-39(56(3,4)5)30-46(49)64-47-33-43-45(63(19,20)36-62(43,17)18)35-51(47)65(52-31-40(57(6,7)8)32-53(66)55(52)64)48-24-22-41-54(38(48)2)61(15,16)28-27-58(41,9)10/h21-24,29-35H,25-28,36H2,1-20H3. The highest BCUT2D eigenvalue weighted by atomic mass is 15.2. The van der Waals surface area contributed by atoms with Crippen molar-refractivity contribution in [3.8, 4) is 0 Å². The van der Waals surface area contributed by atoms with E-state index in [1.165, 1.54) is 126 Å². The van der Waals surface area contributed by atoms with Crippen LogP contribution in [0.2, 0.25) is 0 Å². The molecule has 2 nitrogen and oxygen atoms in total. The zero-order valence-electron chi connectivity index (χ0n) is 44.9. The maximum Gasteiger partial charge on any atom is 0.252 e. The van der Waals surface area contributed by atoms with Gasteiger partial charge >= 0.3 is 0 Å². The Morgan fingerprint density at radius 1 is 0.409 bits per heavy atom. The minimum atomic E-state index is -0.0905. The summed E-state index contributed by atoms with van der Waals surface area (Å²) in [6.07, 6.45) is 5.94. The second-order valence-electron chi connectivity index (χ2n) is 28.1. The summed E-state index contributed by atoms with van der Waals surface area (Å²) in [6.45, 7) is 49.1. The molecule has 0 fully saturated rings. The largest absolute Gasteiger partial charge is 0.311 e. The van der Waals surface area contributed by atoms with Crippen LogP contribution in [0, 0.1) is 13.8 Å². The lowest BCUT2D eigenvalue weighted by molar-refractivity contribution is 0.330. The van der Waals surface area contributed by atoms with Gasteiger partial charge in [0.25, 0.3) is 6.71 Å². The van der Waals surface area contributed by atoms with Gasteiger partial charge in [0.15, 0.2) is 0 Å². The summed E-state index contributed by atoms with van der Waals surface area (Å²) in [5.74, 6) is 0. The van der Waals surface area contributed by atoms with E-state index in [-0.39, 0.29) is 50.0 Å². The first-order valence-electron chi connectivity index (χ1n) is 25.7. The fourth-order valence-corrected chi connectivity index (χ4v) is 14.1. The van der Waals surface area contributed by atoms with Gasteiger partial charge in [0.1, 0.15) is 0 Å². The van der Waals surface area contributed by atoms with E-state index in [1.807, 2.05) is 0 Å². The summed E-state index contributed by atoms with van der Waals surface area (Å²) in [5, 5.41) is 0. The van der Waals surface area contributed by atoms with Crippen molar-refractivity contribution in [1.29, 1.82) is 0 Å². The van der Waals surface area contributed by atoms with Crippen LogP contribution < -0.4 is 26.2 Å². The van der Waals surface area contributed by atoms with Crippen LogP contribution in [0.1, 0.15) is 212 Å². The Hall–Kier alpha value is -4.24. The molecule has 0 radical (unpaired) electrons. The van der Waals surface area contributed by atoms with Crippen molar-refractivity contribution >= 4 is 57.2 Å². The van der Waals surface area contributed by atoms with Gasteiger partial charge in [-0.25, -0.2) is 0 Å². The summed E-state index contributed by atoms with van der Waals surface area (Å²) in [7, 11) is 0. The first-order chi connectivity index (χ1) is 30.3. The molecule has 5 aromatic rings. The van der Waals surface area contributed by atoms with Crippen molar-refractivity contribution in [2.24, 2.45) is 0 Å². The predicted molar refractivity (Wildman–Crippen MR) is 289 cm³/mol. The van der Waals surface area contributed by atoms with Crippen LogP contribution >= 0.6 is 0 Å². The maximum absolute atomic E-state index is 2.77. The molecule has 0 unspecified atom stereocenters. The zero-order valence-corrected chi connectivity index (χ0v) is 44.9. The molecule has 0 amide bonds. The highest BCUT2D eigenvalue weighted by Gasteiger charge is 2.50. The van der Waals surface area contributed by atoms with Crippen LogP contribution in [0.25, 0.3) is 0 Å². The first-order valence-corrected chi connectivity index (χ1v) is 25.7. The number of hydrogen-bond acceptors (Lipinski definition) is 2. The Kier molecular flexibility index (Phi) is 9.47. The number of benzene rings is 5. The SMILES string of the molecule is Cc1cc2c(cc1N1c3ccc(C(C)(C)C)cc3B3c4cc5c(cc4N(c4ccc6c(c4C)C(C)(C)CCC6(C)C)c4cc(C(C)(C)C)cc1c43)C(C)(C)CC5(C)C)C(C)(C)CCC2(C)C. The van der Waals surface area contributed by atoms with Crippen molar-refractivity contribution in [2.75, 3.05) is 9.80 Å². The minimum absolute atomic E-state index is 0.00922. The molecule has 0 spiro atoms. The van der Waals surface area contributed by atoms with Crippen molar-refractivity contribution < 1.29 is 0 Å². The van der Waals surface area contributed by atoms with E-state index in [4.69, 9.17) is 0 Å². The Bertz CT molecular complexity index is 2900. The third kappa shape index (κ3) is 6.53. The van der Waals surface area contributed by atoms with E-state index in [0.29, 0.717) is 0 Å². The lowest BCUT2D eigenvalue weighted by Gasteiger charge is -2.48. The second-order valence-corrected chi connectivity index (χ2v) is 28.1. The van der Waals surface area contributed by atoms with Gasteiger partial charge in [-0.3, -0.25) is 0 Å². The highest BCUT2D eigenvalue weighted by molar-refractivity contribution is 7.00. The van der Waals surface area contributed by atoms with Gasteiger partial charge in [0.2, 0.25) is 0 Å². The molecule has 0 bridgehead atoms. The smallest absolute Gasteiger partial charge is 0.252 e. The van der Waals surface area contributed by atoms with Gasteiger partial charge < -0.3 is 9.80 Å². The summed E-state index contributed by atoms with van der Waals surface area (Å²) >= 11 is 0. The minimum Gasteiger partial charge on any atom is -0.311 e. The van der Waals surface area contributed by atoms with Crippen LogP contribution in [0.5, 0.6) is 0 Å². The molecule has 0 saturated carbocycles. The molecule has 2 aliphatic heterocycles. The molecule has 66 heavy (non-hydrogen) atoms. The molecule has 0 atom stereocenters. The average molecular weight is 877 g/mol. The zero-order chi connectivity index (χ0) is 48.0. The molecule has 10 rings (SSSR count). The Balaban J connectivity index is 1.38. The monoisotopic (exact) mass is 877 g/mol. The van der Waals surface area contributed by atoms with Crippen molar-refractivity contribution in [3.63, 3.8) is 0 Å². The van der Waals surface area contributed by atoms with E-state index in [9.17, 15) is 0 Å².